The van der Waals surface area contributed by atoms with Crippen molar-refractivity contribution in [3.63, 3.8) is 0 Å². The molecule has 0 fully saturated rings. The first-order chi connectivity index (χ1) is 12.0. The highest BCUT2D eigenvalue weighted by molar-refractivity contribution is 7.99. The van der Waals surface area contributed by atoms with Gasteiger partial charge < -0.3 is 5.32 Å². The summed E-state index contributed by atoms with van der Waals surface area (Å²) in [4.78, 5) is 16.6. The van der Waals surface area contributed by atoms with Crippen molar-refractivity contribution in [3.05, 3.63) is 71.5 Å². The van der Waals surface area contributed by atoms with Gasteiger partial charge in [0.25, 0.3) is 0 Å². The van der Waals surface area contributed by atoms with E-state index < -0.39 is 0 Å². The van der Waals surface area contributed by atoms with E-state index in [1.165, 1.54) is 22.9 Å². The fourth-order valence-electron chi connectivity index (χ4n) is 2.61. The molecule has 0 bridgehead atoms. The normalized spacial score (nSPS) is 10.7. The lowest BCUT2D eigenvalue weighted by molar-refractivity contribution is -0.113. The fourth-order valence-corrected chi connectivity index (χ4v) is 3.37. The van der Waals surface area contributed by atoms with Crippen LogP contribution in [-0.4, -0.2) is 21.2 Å². The molecule has 3 rings (SSSR count). The van der Waals surface area contributed by atoms with E-state index in [1.807, 2.05) is 42.0 Å². The molecule has 0 aliphatic carbocycles. The molecule has 1 amide bonds. The first-order valence-electron chi connectivity index (χ1n) is 8.13. The van der Waals surface area contributed by atoms with Gasteiger partial charge in [0.2, 0.25) is 5.91 Å². The zero-order valence-corrected chi connectivity index (χ0v) is 15.4. The minimum absolute atomic E-state index is 0.0360. The van der Waals surface area contributed by atoms with Gasteiger partial charge >= 0.3 is 0 Å². The molecule has 0 radical (unpaired) electrons. The Bertz CT molecular complexity index is 901. The molecule has 5 heteroatoms. The van der Waals surface area contributed by atoms with E-state index in [2.05, 4.69) is 42.3 Å². The van der Waals surface area contributed by atoms with Crippen molar-refractivity contribution in [2.75, 3.05) is 11.1 Å². The van der Waals surface area contributed by atoms with Crippen LogP contribution in [-0.2, 0) is 4.79 Å². The van der Waals surface area contributed by atoms with Crippen molar-refractivity contribution >= 4 is 23.4 Å². The van der Waals surface area contributed by atoms with Gasteiger partial charge in [-0.05, 0) is 55.7 Å². The average Bonchev–Trinajstić information content (AvgIpc) is 3.03. The number of hydrogen-bond acceptors (Lipinski definition) is 3. The number of benzene rings is 2. The zero-order chi connectivity index (χ0) is 17.8. The molecule has 0 unspecified atom stereocenters. The number of imidazole rings is 1. The summed E-state index contributed by atoms with van der Waals surface area (Å²) in [5.74, 6) is 0.279. The van der Waals surface area contributed by atoms with Crippen molar-refractivity contribution in [1.82, 2.24) is 9.55 Å². The van der Waals surface area contributed by atoms with Gasteiger partial charge in [-0.2, -0.15) is 0 Å². The number of aryl methyl sites for hydroxylation is 3. The number of nitrogens with zero attached hydrogens (tertiary/aromatic N) is 2. The highest BCUT2D eigenvalue weighted by Crippen LogP contribution is 2.23. The van der Waals surface area contributed by atoms with Gasteiger partial charge in [-0.25, -0.2) is 4.98 Å². The van der Waals surface area contributed by atoms with Crippen LogP contribution in [0.2, 0.25) is 0 Å². The average molecular weight is 351 g/mol. The summed E-state index contributed by atoms with van der Waals surface area (Å²) in [6.07, 6.45) is 3.70. The maximum Gasteiger partial charge on any atom is 0.234 e. The number of carbonyl (C=O) groups excluding carboxylic acids is 1. The Labute approximate surface area is 152 Å². The first kappa shape index (κ1) is 17.3. The van der Waals surface area contributed by atoms with E-state index in [0.29, 0.717) is 5.75 Å². The Kier molecular flexibility index (Phi) is 5.24. The predicted octanol–water partition coefficient (Wildman–Crippen LogP) is 4.53. The van der Waals surface area contributed by atoms with Crippen LogP contribution in [0.25, 0.3) is 5.69 Å². The van der Waals surface area contributed by atoms with Crippen LogP contribution >= 0.6 is 11.8 Å². The van der Waals surface area contributed by atoms with Gasteiger partial charge in [0, 0.05) is 18.1 Å². The smallest absolute Gasteiger partial charge is 0.234 e. The molecule has 128 valence electrons. The summed E-state index contributed by atoms with van der Waals surface area (Å²) in [5, 5.41) is 3.74. The zero-order valence-electron chi connectivity index (χ0n) is 14.6. The molecule has 0 spiro atoms. The number of rotatable bonds is 5. The quantitative estimate of drug-likeness (QED) is 0.687. The molecule has 4 nitrogen and oxygen atoms in total. The number of carbonyl (C=O) groups is 1. The Morgan fingerprint density at radius 2 is 1.92 bits per heavy atom. The van der Waals surface area contributed by atoms with E-state index in [0.717, 1.165) is 22.1 Å². The number of amides is 1. The van der Waals surface area contributed by atoms with Crippen LogP contribution in [0.3, 0.4) is 0 Å². The number of anilines is 1. The van der Waals surface area contributed by atoms with Crippen molar-refractivity contribution in [2.45, 2.75) is 25.9 Å². The van der Waals surface area contributed by atoms with Crippen LogP contribution in [0, 0.1) is 20.8 Å². The molecular weight excluding hydrogens is 330 g/mol. The summed E-state index contributed by atoms with van der Waals surface area (Å²) >= 11 is 1.43. The topological polar surface area (TPSA) is 46.9 Å². The summed E-state index contributed by atoms with van der Waals surface area (Å²) in [7, 11) is 0. The SMILES string of the molecule is Cc1cccc(NC(=O)CSc2nccn2-c2cc(C)ccc2C)c1. The van der Waals surface area contributed by atoms with E-state index in [4.69, 9.17) is 0 Å². The van der Waals surface area contributed by atoms with E-state index >= 15 is 0 Å². The Balaban J connectivity index is 1.69. The Morgan fingerprint density at radius 1 is 1.12 bits per heavy atom. The van der Waals surface area contributed by atoms with Crippen molar-refractivity contribution in [2.24, 2.45) is 0 Å². The molecule has 2 aromatic carbocycles. The van der Waals surface area contributed by atoms with Gasteiger partial charge in [0.05, 0.1) is 11.4 Å². The van der Waals surface area contributed by atoms with Gasteiger partial charge in [0.15, 0.2) is 5.16 Å². The molecule has 0 aliphatic rings. The fraction of sp³-hybridized carbons (Fsp3) is 0.200. The summed E-state index contributed by atoms with van der Waals surface area (Å²) in [6.45, 7) is 6.15. The van der Waals surface area contributed by atoms with Gasteiger partial charge in [-0.3, -0.25) is 9.36 Å². The molecule has 3 aromatic rings. The molecule has 0 aliphatic heterocycles. The second kappa shape index (κ2) is 7.57. The monoisotopic (exact) mass is 351 g/mol. The standard InChI is InChI=1S/C20H21N3OS/c1-14-5-4-6-17(11-14)22-19(24)13-25-20-21-9-10-23(20)18-12-15(2)7-8-16(18)3/h4-12H,13H2,1-3H3,(H,22,24). The van der Waals surface area contributed by atoms with Gasteiger partial charge in [-0.15, -0.1) is 0 Å². The van der Waals surface area contributed by atoms with E-state index in [-0.39, 0.29) is 5.91 Å². The highest BCUT2D eigenvalue weighted by Gasteiger charge is 2.11. The van der Waals surface area contributed by atoms with Crippen LogP contribution in [0.1, 0.15) is 16.7 Å². The Hall–Kier alpha value is -2.53. The second-order valence-electron chi connectivity index (χ2n) is 6.08. The second-order valence-corrected chi connectivity index (χ2v) is 7.02. The number of aromatic nitrogens is 2. The molecule has 0 saturated carbocycles. The summed E-state index contributed by atoms with van der Waals surface area (Å²) in [6, 6.07) is 14.1. The van der Waals surface area contributed by atoms with Crippen LogP contribution in [0.4, 0.5) is 5.69 Å². The van der Waals surface area contributed by atoms with Crippen molar-refractivity contribution < 1.29 is 4.79 Å². The van der Waals surface area contributed by atoms with Crippen LogP contribution in [0.5, 0.6) is 0 Å². The van der Waals surface area contributed by atoms with E-state index in [9.17, 15) is 4.79 Å². The molecule has 1 N–H and O–H groups in total. The Morgan fingerprint density at radius 3 is 2.72 bits per heavy atom. The molecule has 25 heavy (non-hydrogen) atoms. The minimum Gasteiger partial charge on any atom is -0.325 e. The van der Waals surface area contributed by atoms with Crippen molar-refractivity contribution in [1.29, 1.82) is 0 Å². The lowest BCUT2D eigenvalue weighted by Crippen LogP contribution is -2.14. The third-order valence-electron chi connectivity index (χ3n) is 3.87. The van der Waals surface area contributed by atoms with Crippen LogP contribution < -0.4 is 5.32 Å². The van der Waals surface area contributed by atoms with Crippen molar-refractivity contribution in [3.8, 4) is 5.69 Å². The highest BCUT2D eigenvalue weighted by atomic mass is 32.2. The third-order valence-corrected chi connectivity index (χ3v) is 4.83. The predicted molar refractivity (Wildman–Crippen MR) is 104 cm³/mol. The molecule has 1 heterocycles. The number of hydrogen-bond donors (Lipinski definition) is 1. The lowest BCUT2D eigenvalue weighted by Gasteiger charge is -2.11. The van der Waals surface area contributed by atoms with Crippen LogP contribution in [0.15, 0.2) is 60.0 Å². The van der Waals surface area contributed by atoms with Gasteiger partial charge in [0.1, 0.15) is 0 Å². The largest absolute Gasteiger partial charge is 0.325 e. The summed E-state index contributed by atoms with van der Waals surface area (Å²) < 4.78 is 2.03. The molecular formula is C20H21N3OS. The number of thioether (sulfide) groups is 1. The molecule has 0 saturated heterocycles. The maximum absolute atomic E-state index is 12.2. The number of nitrogens with one attached hydrogen (secondary N) is 1. The van der Waals surface area contributed by atoms with E-state index in [1.54, 1.807) is 6.20 Å². The maximum atomic E-state index is 12.2. The first-order valence-corrected chi connectivity index (χ1v) is 9.12. The molecule has 0 atom stereocenters. The minimum atomic E-state index is -0.0360. The summed E-state index contributed by atoms with van der Waals surface area (Å²) in [5.41, 5.74) is 5.41. The molecule has 1 aromatic heterocycles. The van der Waals surface area contributed by atoms with Gasteiger partial charge in [-0.1, -0.05) is 36.0 Å². The third kappa shape index (κ3) is 4.31. The lowest BCUT2D eigenvalue weighted by atomic mass is 10.1.